The van der Waals surface area contributed by atoms with E-state index >= 15 is 0 Å². The smallest absolute Gasteiger partial charge is 0.338 e. The van der Waals surface area contributed by atoms with Gasteiger partial charge in [-0.1, -0.05) is 41.1 Å². The number of aromatic hydroxyl groups is 1. The third-order valence-corrected chi connectivity index (χ3v) is 6.84. The van der Waals surface area contributed by atoms with Crippen LogP contribution in [-0.4, -0.2) is 22.2 Å². The summed E-state index contributed by atoms with van der Waals surface area (Å²) in [6, 6.07) is 11.3. The standard InChI is InChI=1S/C23H18BrClN2O4S/c1-3-31-22(30)19-12(2)26-23-27(20(19)14-5-7-15(25)8-6-14)21(29)18(32-23)11-13-4-9-17(28)16(24)10-13/h4-11,20,28H,3H2,1-2H3/b18-11-. The number of hydrogen-bond acceptors (Lipinski definition) is 6. The van der Waals surface area contributed by atoms with Gasteiger partial charge in [0.15, 0.2) is 4.80 Å². The Hall–Kier alpha value is -2.68. The van der Waals surface area contributed by atoms with Crippen molar-refractivity contribution >= 4 is 50.9 Å². The molecular formula is C23H18BrClN2O4S. The van der Waals surface area contributed by atoms with Crippen molar-refractivity contribution in [2.45, 2.75) is 19.9 Å². The Morgan fingerprint density at radius 3 is 2.69 bits per heavy atom. The Morgan fingerprint density at radius 2 is 2.03 bits per heavy atom. The SMILES string of the molecule is CCOC(=O)C1=C(C)N=c2s/c(=C\c3ccc(O)c(Br)c3)c(=O)n2C1c1ccc(Cl)cc1. The molecule has 2 heterocycles. The summed E-state index contributed by atoms with van der Waals surface area (Å²) in [5.41, 5.74) is 2.02. The Labute approximate surface area is 200 Å². The van der Waals surface area contributed by atoms with Crippen molar-refractivity contribution in [3.05, 3.63) is 94.0 Å². The number of aromatic nitrogens is 1. The van der Waals surface area contributed by atoms with Crippen molar-refractivity contribution in [3.8, 4) is 5.75 Å². The largest absolute Gasteiger partial charge is 0.507 e. The van der Waals surface area contributed by atoms with Crippen molar-refractivity contribution in [1.29, 1.82) is 0 Å². The maximum atomic E-state index is 13.5. The maximum Gasteiger partial charge on any atom is 0.338 e. The number of carbonyl (C=O) groups is 1. The van der Waals surface area contributed by atoms with Crippen LogP contribution in [0.1, 0.15) is 31.0 Å². The molecule has 1 atom stereocenters. The van der Waals surface area contributed by atoms with Crippen molar-refractivity contribution in [3.63, 3.8) is 0 Å². The highest BCUT2D eigenvalue weighted by atomic mass is 79.9. The van der Waals surface area contributed by atoms with E-state index in [4.69, 9.17) is 16.3 Å². The summed E-state index contributed by atoms with van der Waals surface area (Å²) in [7, 11) is 0. The van der Waals surface area contributed by atoms with Gasteiger partial charge in [0, 0.05) is 5.02 Å². The van der Waals surface area contributed by atoms with Crippen LogP contribution >= 0.6 is 38.9 Å². The minimum absolute atomic E-state index is 0.112. The number of rotatable bonds is 4. The molecule has 0 fully saturated rings. The number of thiazole rings is 1. The molecule has 0 radical (unpaired) electrons. The van der Waals surface area contributed by atoms with Crippen LogP contribution in [0.3, 0.4) is 0 Å². The van der Waals surface area contributed by atoms with Gasteiger partial charge in [0.25, 0.3) is 5.56 Å². The fraction of sp³-hybridized carbons (Fsp3) is 0.174. The van der Waals surface area contributed by atoms with E-state index in [9.17, 15) is 14.7 Å². The van der Waals surface area contributed by atoms with E-state index in [2.05, 4.69) is 20.9 Å². The molecule has 6 nitrogen and oxygen atoms in total. The number of phenolic OH excluding ortho intramolecular Hbond substituents is 1. The van der Waals surface area contributed by atoms with Crippen molar-refractivity contribution in [1.82, 2.24) is 4.57 Å². The molecule has 1 aliphatic heterocycles. The van der Waals surface area contributed by atoms with Crippen LogP contribution in [0.2, 0.25) is 5.02 Å². The predicted octanol–water partition coefficient (Wildman–Crippen LogP) is 3.92. The lowest BCUT2D eigenvalue weighted by Gasteiger charge is -2.24. The Morgan fingerprint density at radius 1 is 1.31 bits per heavy atom. The minimum atomic E-state index is -0.684. The molecule has 0 spiro atoms. The molecule has 32 heavy (non-hydrogen) atoms. The lowest BCUT2D eigenvalue weighted by Crippen LogP contribution is -2.39. The number of fused-ring (bicyclic) bond motifs is 1. The molecule has 1 aromatic heterocycles. The molecule has 4 rings (SSSR count). The van der Waals surface area contributed by atoms with Crippen LogP contribution in [0.5, 0.6) is 5.75 Å². The molecular weight excluding hydrogens is 516 g/mol. The molecule has 3 aromatic rings. The van der Waals surface area contributed by atoms with Crippen molar-refractivity contribution in [2.75, 3.05) is 6.61 Å². The first-order valence-electron chi connectivity index (χ1n) is 9.73. The van der Waals surface area contributed by atoms with Gasteiger partial charge in [-0.3, -0.25) is 9.36 Å². The van der Waals surface area contributed by atoms with E-state index < -0.39 is 12.0 Å². The fourth-order valence-corrected chi connectivity index (χ4v) is 5.09. The Balaban J connectivity index is 1.95. The van der Waals surface area contributed by atoms with Crippen molar-refractivity contribution in [2.24, 2.45) is 4.99 Å². The minimum Gasteiger partial charge on any atom is -0.507 e. The van der Waals surface area contributed by atoms with Gasteiger partial charge in [0.05, 0.1) is 32.9 Å². The number of esters is 1. The first-order valence-corrected chi connectivity index (χ1v) is 11.7. The molecule has 1 N–H and O–H groups in total. The third kappa shape index (κ3) is 4.18. The zero-order chi connectivity index (χ0) is 23.0. The topological polar surface area (TPSA) is 80.9 Å². The fourth-order valence-electron chi connectivity index (χ4n) is 3.52. The van der Waals surface area contributed by atoms with Gasteiger partial charge in [-0.05, 0) is 71.2 Å². The van der Waals surface area contributed by atoms with Gasteiger partial charge >= 0.3 is 5.97 Å². The van der Waals surface area contributed by atoms with Crippen molar-refractivity contribution < 1.29 is 14.6 Å². The lowest BCUT2D eigenvalue weighted by atomic mass is 9.96. The lowest BCUT2D eigenvalue weighted by molar-refractivity contribution is -0.139. The average molecular weight is 534 g/mol. The quantitative estimate of drug-likeness (QED) is 0.516. The Bertz CT molecular complexity index is 1420. The molecule has 0 saturated carbocycles. The highest BCUT2D eigenvalue weighted by Crippen LogP contribution is 2.31. The number of benzene rings is 2. The van der Waals surface area contributed by atoms with Crippen LogP contribution in [0.15, 0.2) is 68.0 Å². The first-order chi connectivity index (χ1) is 15.3. The molecule has 164 valence electrons. The highest BCUT2D eigenvalue weighted by molar-refractivity contribution is 9.10. The zero-order valence-electron chi connectivity index (χ0n) is 17.1. The van der Waals surface area contributed by atoms with Crippen LogP contribution in [0, 0.1) is 0 Å². The van der Waals surface area contributed by atoms with E-state index in [0.29, 0.717) is 30.1 Å². The van der Waals surface area contributed by atoms with E-state index in [1.807, 2.05) is 0 Å². The number of ether oxygens (including phenoxy) is 1. The van der Waals surface area contributed by atoms with Gasteiger partial charge in [0.1, 0.15) is 5.75 Å². The van der Waals surface area contributed by atoms with Gasteiger partial charge in [0.2, 0.25) is 0 Å². The first kappa shape index (κ1) is 22.5. The number of phenols is 1. The van der Waals surface area contributed by atoms with Gasteiger partial charge in [-0.2, -0.15) is 0 Å². The molecule has 0 amide bonds. The summed E-state index contributed by atoms with van der Waals surface area (Å²) < 4.78 is 7.78. The van der Waals surface area contributed by atoms with Crippen LogP contribution in [0.4, 0.5) is 0 Å². The summed E-state index contributed by atoms with van der Waals surface area (Å²) >= 11 is 10.6. The summed E-state index contributed by atoms with van der Waals surface area (Å²) in [4.78, 5) is 31.3. The summed E-state index contributed by atoms with van der Waals surface area (Å²) in [5.74, 6) is -0.397. The number of carbonyl (C=O) groups excluding carboxylic acids is 1. The van der Waals surface area contributed by atoms with Crippen LogP contribution in [0.25, 0.3) is 6.08 Å². The number of hydrogen-bond donors (Lipinski definition) is 1. The second-order valence-electron chi connectivity index (χ2n) is 7.06. The van der Waals surface area contributed by atoms with E-state index in [-0.39, 0.29) is 17.9 Å². The number of nitrogens with zero attached hydrogens (tertiary/aromatic N) is 2. The van der Waals surface area contributed by atoms with Gasteiger partial charge in [-0.15, -0.1) is 0 Å². The molecule has 1 aliphatic rings. The number of allylic oxidation sites excluding steroid dienone is 1. The van der Waals surface area contributed by atoms with Crippen LogP contribution < -0.4 is 14.9 Å². The second kappa shape index (κ2) is 9.05. The monoisotopic (exact) mass is 532 g/mol. The normalized spacial score (nSPS) is 16.0. The predicted molar refractivity (Wildman–Crippen MR) is 128 cm³/mol. The third-order valence-electron chi connectivity index (χ3n) is 4.97. The maximum absolute atomic E-state index is 13.5. The average Bonchev–Trinajstić information content (AvgIpc) is 3.05. The van der Waals surface area contributed by atoms with E-state index in [0.717, 1.165) is 11.1 Å². The summed E-state index contributed by atoms with van der Waals surface area (Å²) in [6.07, 6.45) is 1.73. The number of halogens is 2. The molecule has 0 aliphatic carbocycles. The van der Waals surface area contributed by atoms with E-state index in [1.54, 1.807) is 62.4 Å². The van der Waals surface area contributed by atoms with Gasteiger partial charge < -0.3 is 9.84 Å². The molecule has 9 heteroatoms. The molecule has 2 aromatic carbocycles. The van der Waals surface area contributed by atoms with E-state index in [1.165, 1.54) is 15.9 Å². The molecule has 0 saturated heterocycles. The molecule has 1 unspecified atom stereocenters. The second-order valence-corrected chi connectivity index (χ2v) is 9.36. The summed E-state index contributed by atoms with van der Waals surface area (Å²) in [6.45, 7) is 3.68. The van der Waals surface area contributed by atoms with Gasteiger partial charge in [-0.25, -0.2) is 9.79 Å². The zero-order valence-corrected chi connectivity index (χ0v) is 20.3. The Kier molecular flexibility index (Phi) is 6.37. The molecule has 0 bridgehead atoms. The van der Waals surface area contributed by atoms with Crippen LogP contribution in [-0.2, 0) is 9.53 Å². The summed E-state index contributed by atoms with van der Waals surface area (Å²) in [5, 5.41) is 10.3. The highest BCUT2D eigenvalue weighted by Gasteiger charge is 2.33.